The lowest BCUT2D eigenvalue weighted by molar-refractivity contribution is 0.600. The highest BCUT2D eigenvalue weighted by atomic mass is 32.2. The minimum atomic E-state index is -3.57. The molecule has 0 radical (unpaired) electrons. The highest BCUT2D eigenvalue weighted by Crippen LogP contribution is 2.11. The van der Waals surface area contributed by atoms with Gasteiger partial charge in [-0.1, -0.05) is 0 Å². The van der Waals surface area contributed by atoms with Crippen LogP contribution in [0, 0.1) is 0 Å². The maximum absolute atomic E-state index is 11.7. The van der Waals surface area contributed by atoms with E-state index in [9.17, 15) is 8.42 Å². The van der Waals surface area contributed by atoms with Gasteiger partial charge in [-0.2, -0.15) is 10.1 Å². The predicted molar refractivity (Wildman–Crippen MR) is 52.6 cm³/mol. The smallest absolute Gasteiger partial charge is 0.265 e. The van der Waals surface area contributed by atoms with Gasteiger partial charge in [0.25, 0.3) is 10.0 Å². The van der Waals surface area contributed by atoms with Gasteiger partial charge in [-0.25, -0.2) is 18.2 Å². The summed E-state index contributed by atoms with van der Waals surface area (Å²) in [5.41, 5.74) is 0. The molecule has 0 fully saturated rings. The number of aromatic nitrogens is 4. The Morgan fingerprint density at radius 1 is 1.53 bits per heavy atom. The molecule has 8 heteroatoms. The Hall–Kier alpha value is -1.83. The fraction of sp³-hybridized carbons (Fsp3) is 0.143. The first-order chi connectivity index (χ1) is 7.08. The fourth-order valence-corrected chi connectivity index (χ4v) is 2.09. The number of aromatic amines is 1. The van der Waals surface area contributed by atoms with E-state index >= 15 is 0 Å². The largest absolute Gasteiger partial charge is 0.356 e. The normalized spacial score (nSPS) is 11.5. The Labute approximate surface area is 86.2 Å². The van der Waals surface area contributed by atoms with E-state index in [4.69, 9.17) is 0 Å². The number of H-pyrrole nitrogens is 1. The minimum Gasteiger partial charge on any atom is -0.356 e. The van der Waals surface area contributed by atoms with E-state index < -0.39 is 10.0 Å². The molecule has 0 atom stereocenters. The molecule has 0 aliphatic carbocycles. The van der Waals surface area contributed by atoms with Crippen LogP contribution in [0.25, 0.3) is 0 Å². The molecule has 2 rings (SSSR count). The SMILES string of the molecule is Cn1ccc(S(=O)(=O)Nc2ncn[nH]2)c1. The van der Waals surface area contributed by atoms with E-state index in [0.29, 0.717) is 0 Å². The molecule has 0 amide bonds. The quantitative estimate of drug-likeness (QED) is 0.768. The number of nitrogens with zero attached hydrogens (tertiary/aromatic N) is 3. The van der Waals surface area contributed by atoms with Crippen molar-refractivity contribution < 1.29 is 8.42 Å². The zero-order chi connectivity index (χ0) is 10.9. The van der Waals surface area contributed by atoms with Crippen molar-refractivity contribution in [2.75, 3.05) is 4.72 Å². The Morgan fingerprint density at radius 2 is 2.33 bits per heavy atom. The molecule has 0 aromatic carbocycles. The molecule has 0 saturated heterocycles. The van der Waals surface area contributed by atoms with Crippen LogP contribution in [-0.2, 0) is 17.1 Å². The van der Waals surface area contributed by atoms with Crippen molar-refractivity contribution >= 4 is 16.0 Å². The molecule has 0 aliphatic rings. The third-order valence-electron chi connectivity index (χ3n) is 1.76. The van der Waals surface area contributed by atoms with Gasteiger partial charge in [0.1, 0.15) is 11.2 Å². The van der Waals surface area contributed by atoms with Gasteiger partial charge in [0.2, 0.25) is 5.95 Å². The van der Waals surface area contributed by atoms with Crippen molar-refractivity contribution in [1.82, 2.24) is 19.7 Å². The first-order valence-electron chi connectivity index (χ1n) is 4.08. The van der Waals surface area contributed by atoms with Crippen molar-refractivity contribution in [3.8, 4) is 0 Å². The highest BCUT2D eigenvalue weighted by Gasteiger charge is 2.16. The van der Waals surface area contributed by atoms with Gasteiger partial charge in [-0.05, 0) is 6.07 Å². The van der Waals surface area contributed by atoms with Crippen molar-refractivity contribution in [2.45, 2.75) is 4.90 Å². The summed E-state index contributed by atoms with van der Waals surface area (Å²) in [6, 6.07) is 1.50. The zero-order valence-corrected chi connectivity index (χ0v) is 8.69. The number of aryl methyl sites for hydroxylation is 1. The maximum Gasteiger partial charge on any atom is 0.265 e. The van der Waals surface area contributed by atoms with Crippen LogP contribution in [0.15, 0.2) is 29.7 Å². The molecule has 2 N–H and O–H groups in total. The van der Waals surface area contributed by atoms with Gasteiger partial charge in [-0.3, -0.25) is 0 Å². The van der Waals surface area contributed by atoms with Gasteiger partial charge >= 0.3 is 0 Å². The molecule has 7 nitrogen and oxygen atoms in total. The molecule has 0 bridgehead atoms. The second-order valence-electron chi connectivity index (χ2n) is 2.95. The molecule has 15 heavy (non-hydrogen) atoms. The summed E-state index contributed by atoms with van der Waals surface area (Å²) < 4.78 is 27.3. The summed E-state index contributed by atoms with van der Waals surface area (Å²) in [5.74, 6) is 0.0962. The van der Waals surface area contributed by atoms with Crippen LogP contribution >= 0.6 is 0 Å². The van der Waals surface area contributed by atoms with E-state index in [1.807, 2.05) is 0 Å². The number of rotatable bonds is 3. The van der Waals surface area contributed by atoms with Gasteiger partial charge in [-0.15, -0.1) is 0 Å². The van der Waals surface area contributed by atoms with Crippen molar-refractivity contribution in [1.29, 1.82) is 0 Å². The molecule has 0 aliphatic heterocycles. The molecule has 0 spiro atoms. The average Bonchev–Trinajstić information content (AvgIpc) is 2.75. The lowest BCUT2D eigenvalue weighted by Crippen LogP contribution is -2.13. The molecule has 2 heterocycles. The fourth-order valence-electron chi connectivity index (χ4n) is 1.08. The first-order valence-corrected chi connectivity index (χ1v) is 5.56. The Morgan fingerprint density at radius 3 is 2.87 bits per heavy atom. The topological polar surface area (TPSA) is 92.7 Å². The number of hydrogen-bond acceptors (Lipinski definition) is 4. The van der Waals surface area contributed by atoms with Gasteiger partial charge in [0.15, 0.2) is 0 Å². The van der Waals surface area contributed by atoms with E-state index in [2.05, 4.69) is 19.9 Å². The van der Waals surface area contributed by atoms with Crippen LogP contribution in [0.5, 0.6) is 0 Å². The average molecular weight is 227 g/mol. The van der Waals surface area contributed by atoms with E-state index in [1.165, 1.54) is 18.6 Å². The second-order valence-corrected chi connectivity index (χ2v) is 4.63. The molecular weight excluding hydrogens is 218 g/mol. The minimum absolute atomic E-state index is 0.0962. The first kappa shape index (κ1) is 9.71. The zero-order valence-electron chi connectivity index (χ0n) is 7.88. The summed E-state index contributed by atoms with van der Waals surface area (Å²) in [4.78, 5) is 3.85. The second kappa shape index (κ2) is 3.39. The van der Waals surface area contributed by atoms with E-state index in [1.54, 1.807) is 17.8 Å². The third-order valence-corrected chi connectivity index (χ3v) is 3.09. The summed E-state index contributed by atoms with van der Waals surface area (Å²) in [6.45, 7) is 0. The van der Waals surface area contributed by atoms with Crippen molar-refractivity contribution in [3.05, 3.63) is 24.8 Å². The number of hydrogen-bond donors (Lipinski definition) is 2. The monoisotopic (exact) mass is 227 g/mol. The number of sulfonamides is 1. The predicted octanol–water partition coefficient (Wildman–Crippen LogP) is -0.0560. The van der Waals surface area contributed by atoms with Gasteiger partial charge < -0.3 is 4.57 Å². The van der Waals surface area contributed by atoms with Crippen molar-refractivity contribution in [2.24, 2.45) is 7.05 Å². The Bertz CT molecular complexity index is 542. The van der Waals surface area contributed by atoms with Crippen molar-refractivity contribution in [3.63, 3.8) is 0 Å². The van der Waals surface area contributed by atoms with Crippen LogP contribution in [0.1, 0.15) is 0 Å². The summed E-state index contributed by atoms with van der Waals surface area (Å²) in [5, 5.41) is 5.95. The van der Waals surface area contributed by atoms with Gasteiger partial charge in [0, 0.05) is 19.4 Å². The lowest BCUT2D eigenvalue weighted by Gasteiger charge is -2.01. The molecule has 2 aromatic rings. The lowest BCUT2D eigenvalue weighted by atomic mass is 10.7. The standard InChI is InChI=1S/C7H9N5O2S/c1-12-3-2-6(4-12)15(13,14)11-7-8-5-9-10-7/h2-5H,1H3,(H2,8,9,10,11). The van der Waals surface area contributed by atoms with E-state index in [0.717, 1.165) is 0 Å². The summed E-state index contributed by atoms with van der Waals surface area (Å²) in [6.07, 6.45) is 4.37. The third kappa shape index (κ3) is 1.99. The number of nitrogens with one attached hydrogen (secondary N) is 2. The van der Waals surface area contributed by atoms with E-state index in [-0.39, 0.29) is 10.8 Å². The molecule has 2 aromatic heterocycles. The maximum atomic E-state index is 11.7. The Kier molecular flexibility index (Phi) is 2.19. The van der Waals surface area contributed by atoms with Crippen LogP contribution in [0.2, 0.25) is 0 Å². The van der Waals surface area contributed by atoms with Crippen LogP contribution in [-0.4, -0.2) is 28.2 Å². The Balaban J connectivity index is 2.28. The molecule has 0 saturated carbocycles. The molecular formula is C7H9N5O2S. The molecule has 0 unspecified atom stereocenters. The molecule has 80 valence electrons. The summed E-state index contributed by atoms with van der Waals surface area (Å²) in [7, 11) is -1.82. The van der Waals surface area contributed by atoms with Gasteiger partial charge in [0.05, 0.1) is 0 Å². The van der Waals surface area contributed by atoms with Crippen LogP contribution < -0.4 is 4.72 Å². The number of anilines is 1. The summed E-state index contributed by atoms with van der Waals surface area (Å²) >= 11 is 0. The highest BCUT2D eigenvalue weighted by molar-refractivity contribution is 7.92. The van der Waals surface area contributed by atoms with Crippen LogP contribution in [0.3, 0.4) is 0 Å². The van der Waals surface area contributed by atoms with Crippen LogP contribution in [0.4, 0.5) is 5.95 Å².